The highest BCUT2D eigenvalue weighted by Gasteiger charge is 2.33. The Labute approximate surface area is 157 Å². The van der Waals surface area contributed by atoms with Gasteiger partial charge in [0.2, 0.25) is 0 Å². The Balaban J connectivity index is 1.76. The molecule has 26 heavy (non-hydrogen) atoms. The number of nitro groups is 1. The Morgan fingerprint density at radius 1 is 1.15 bits per heavy atom. The Kier molecular flexibility index (Phi) is 5.10. The van der Waals surface area contributed by atoms with Gasteiger partial charge in [-0.15, -0.1) is 0 Å². The summed E-state index contributed by atoms with van der Waals surface area (Å²) >= 11 is 6.20. The molecule has 2 aromatic rings. The maximum atomic E-state index is 12.5. The first-order valence-electron chi connectivity index (χ1n) is 7.34. The summed E-state index contributed by atoms with van der Waals surface area (Å²) in [5, 5.41) is 11.7. The topological polar surface area (TPSA) is 92.6 Å². The standard InChI is InChI=1S/C17H11N3O4S2/c21-15(12-4-2-1-3-5-12)18-19-16(22)14(26-17(19)25)10-11-6-8-13(9-7-11)20(23)24/h1-10H,(H,18,21). The van der Waals surface area contributed by atoms with Gasteiger partial charge in [-0.3, -0.25) is 25.1 Å². The van der Waals surface area contributed by atoms with E-state index in [1.807, 2.05) is 0 Å². The number of nitrogens with one attached hydrogen (secondary N) is 1. The number of thioether (sulfide) groups is 1. The van der Waals surface area contributed by atoms with Crippen molar-refractivity contribution in [3.63, 3.8) is 0 Å². The van der Waals surface area contributed by atoms with Crippen LogP contribution in [-0.2, 0) is 4.79 Å². The molecule has 0 spiro atoms. The van der Waals surface area contributed by atoms with Crippen LogP contribution in [0.25, 0.3) is 6.08 Å². The molecule has 2 aromatic carbocycles. The number of hydrogen-bond donors (Lipinski definition) is 1. The van der Waals surface area contributed by atoms with Crippen molar-refractivity contribution < 1.29 is 14.5 Å². The smallest absolute Gasteiger partial charge is 0.267 e. The van der Waals surface area contributed by atoms with E-state index in [1.54, 1.807) is 36.4 Å². The third-order valence-electron chi connectivity index (χ3n) is 3.44. The zero-order chi connectivity index (χ0) is 18.7. The first-order chi connectivity index (χ1) is 12.5. The van der Waals surface area contributed by atoms with E-state index in [0.717, 1.165) is 16.8 Å². The van der Waals surface area contributed by atoms with E-state index in [4.69, 9.17) is 12.2 Å². The lowest BCUT2D eigenvalue weighted by Crippen LogP contribution is -2.44. The molecule has 3 rings (SSSR count). The minimum atomic E-state index is -0.498. The lowest BCUT2D eigenvalue weighted by atomic mass is 10.2. The number of carbonyl (C=O) groups excluding carboxylic acids is 2. The predicted octanol–water partition coefficient (Wildman–Crippen LogP) is 3.14. The van der Waals surface area contributed by atoms with E-state index in [1.165, 1.54) is 24.3 Å². The summed E-state index contributed by atoms with van der Waals surface area (Å²) in [4.78, 5) is 35.2. The summed E-state index contributed by atoms with van der Waals surface area (Å²) in [5.74, 6) is -0.902. The van der Waals surface area contributed by atoms with Crippen LogP contribution >= 0.6 is 24.0 Å². The largest absolute Gasteiger partial charge is 0.285 e. The molecule has 0 aliphatic carbocycles. The Morgan fingerprint density at radius 2 is 1.81 bits per heavy atom. The van der Waals surface area contributed by atoms with Gasteiger partial charge in [-0.25, -0.2) is 0 Å². The molecule has 1 aliphatic rings. The third-order valence-corrected chi connectivity index (χ3v) is 4.75. The zero-order valence-corrected chi connectivity index (χ0v) is 14.8. The first-order valence-corrected chi connectivity index (χ1v) is 8.56. The van der Waals surface area contributed by atoms with Crippen LogP contribution in [0.2, 0.25) is 0 Å². The number of thiocarbonyl (C=S) groups is 1. The van der Waals surface area contributed by atoms with Gasteiger partial charge in [-0.1, -0.05) is 30.0 Å². The molecule has 0 unspecified atom stereocenters. The fourth-order valence-corrected chi connectivity index (χ4v) is 3.34. The van der Waals surface area contributed by atoms with Crippen LogP contribution in [0.5, 0.6) is 0 Å². The van der Waals surface area contributed by atoms with Gasteiger partial charge in [0, 0.05) is 17.7 Å². The van der Waals surface area contributed by atoms with Crippen molar-refractivity contribution in [2.75, 3.05) is 0 Å². The monoisotopic (exact) mass is 385 g/mol. The van der Waals surface area contributed by atoms with Gasteiger partial charge in [0.25, 0.3) is 17.5 Å². The molecule has 130 valence electrons. The molecule has 0 aromatic heterocycles. The molecule has 2 amide bonds. The quantitative estimate of drug-likeness (QED) is 0.376. The summed E-state index contributed by atoms with van der Waals surface area (Å²) in [6, 6.07) is 14.2. The zero-order valence-electron chi connectivity index (χ0n) is 13.1. The number of nitro benzene ring substituents is 1. The van der Waals surface area contributed by atoms with Gasteiger partial charge in [0.1, 0.15) is 0 Å². The van der Waals surface area contributed by atoms with Crippen LogP contribution in [-0.4, -0.2) is 26.1 Å². The number of nitrogens with zero attached hydrogens (tertiary/aromatic N) is 2. The van der Waals surface area contributed by atoms with Crippen molar-refractivity contribution in [1.82, 2.24) is 10.4 Å². The molecule has 1 aliphatic heterocycles. The second-order valence-corrected chi connectivity index (χ2v) is 6.85. The van der Waals surface area contributed by atoms with Crippen molar-refractivity contribution in [1.29, 1.82) is 0 Å². The minimum absolute atomic E-state index is 0.0372. The highest BCUT2D eigenvalue weighted by molar-refractivity contribution is 8.26. The van der Waals surface area contributed by atoms with Crippen LogP contribution in [0.15, 0.2) is 59.5 Å². The molecule has 1 heterocycles. The van der Waals surface area contributed by atoms with Crippen molar-refractivity contribution in [3.8, 4) is 0 Å². The molecule has 0 saturated carbocycles. The summed E-state index contributed by atoms with van der Waals surface area (Å²) < 4.78 is 0.201. The predicted molar refractivity (Wildman–Crippen MR) is 102 cm³/mol. The maximum Gasteiger partial charge on any atom is 0.285 e. The van der Waals surface area contributed by atoms with Gasteiger partial charge >= 0.3 is 0 Å². The Bertz CT molecular complexity index is 927. The normalized spacial score (nSPS) is 15.4. The van der Waals surface area contributed by atoms with Crippen molar-refractivity contribution in [2.24, 2.45) is 0 Å². The lowest BCUT2D eigenvalue weighted by Gasteiger charge is -2.15. The molecule has 0 radical (unpaired) electrons. The van der Waals surface area contributed by atoms with Gasteiger partial charge in [-0.05, 0) is 48.1 Å². The van der Waals surface area contributed by atoms with Crippen LogP contribution in [0, 0.1) is 10.1 Å². The molecule has 1 saturated heterocycles. The Morgan fingerprint density at radius 3 is 2.42 bits per heavy atom. The van der Waals surface area contributed by atoms with Gasteiger partial charge in [0.05, 0.1) is 9.83 Å². The van der Waals surface area contributed by atoms with E-state index in [2.05, 4.69) is 5.43 Å². The summed E-state index contributed by atoms with van der Waals surface area (Å²) in [7, 11) is 0. The molecular weight excluding hydrogens is 374 g/mol. The summed E-state index contributed by atoms with van der Waals surface area (Å²) in [5.41, 5.74) is 3.47. The number of hydrogen-bond acceptors (Lipinski definition) is 6. The van der Waals surface area contributed by atoms with Gasteiger partial charge in [0.15, 0.2) is 4.32 Å². The molecular formula is C17H11N3O4S2. The number of carbonyl (C=O) groups is 2. The fourth-order valence-electron chi connectivity index (χ4n) is 2.16. The van der Waals surface area contributed by atoms with Crippen LogP contribution in [0.1, 0.15) is 15.9 Å². The Hall–Kier alpha value is -3.04. The fraction of sp³-hybridized carbons (Fsp3) is 0. The summed E-state index contributed by atoms with van der Waals surface area (Å²) in [6.07, 6.45) is 1.57. The second-order valence-electron chi connectivity index (χ2n) is 5.17. The van der Waals surface area contributed by atoms with E-state index >= 15 is 0 Å². The van der Waals surface area contributed by atoms with E-state index in [-0.39, 0.29) is 10.0 Å². The van der Waals surface area contributed by atoms with Crippen LogP contribution < -0.4 is 5.43 Å². The lowest BCUT2D eigenvalue weighted by molar-refractivity contribution is -0.384. The molecule has 0 bridgehead atoms. The highest BCUT2D eigenvalue weighted by atomic mass is 32.2. The van der Waals surface area contributed by atoms with Crippen LogP contribution in [0.4, 0.5) is 5.69 Å². The summed E-state index contributed by atoms with van der Waals surface area (Å²) in [6.45, 7) is 0. The second kappa shape index (κ2) is 7.46. The van der Waals surface area contributed by atoms with Gasteiger partial charge < -0.3 is 0 Å². The van der Waals surface area contributed by atoms with Crippen molar-refractivity contribution >= 4 is 51.9 Å². The number of rotatable bonds is 4. The number of amides is 2. The first kappa shape index (κ1) is 17.8. The highest BCUT2D eigenvalue weighted by Crippen LogP contribution is 2.31. The molecule has 1 N–H and O–H groups in total. The van der Waals surface area contributed by atoms with Crippen LogP contribution in [0.3, 0.4) is 0 Å². The number of hydrazine groups is 1. The molecule has 1 fully saturated rings. The molecule has 7 nitrogen and oxygen atoms in total. The SMILES string of the molecule is O=C(NN1C(=O)C(=Cc2ccc([N+](=O)[O-])cc2)SC1=S)c1ccccc1. The molecule has 0 atom stereocenters. The third kappa shape index (κ3) is 3.79. The minimum Gasteiger partial charge on any atom is -0.267 e. The number of benzene rings is 2. The average molecular weight is 385 g/mol. The van der Waals surface area contributed by atoms with Crippen molar-refractivity contribution in [2.45, 2.75) is 0 Å². The maximum absolute atomic E-state index is 12.5. The van der Waals surface area contributed by atoms with E-state index in [9.17, 15) is 19.7 Å². The number of non-ortho nitro benzene ring substituents is 1. The van der Waals surface area contributed by atoms with E-state index in [0.29, 0.717) is 16.0 Å². The van der Waals surface area contributed by atoms with E-state index < -0.39 is 16.7 Å². The average Bonchev–Trinajstić information content (AvgIpc) is 2.90. The van der Waals surface area contributed by atoms with Gasteiger partial charge in [-0.2, -0.15) is 5.01 Å². The van der Waals surface area contributed by atoms with Crippen molar-refractivity contribution in [3.05, 3.63) is 80.7 Å². The molecule has 9 heteroatoms.